The Hall–Kier alpha value is -1.20. The largest absolute Gasteiger partial charge is 0.481 e. The van der Waals surface area contributed by atoms with E-state index < -0.39 is 11.4 Å². The van der Waals surface area contributed by atoms with Crippen LogP contribution in [0.25, 0.3) is 0 Å². The lowest BCUT2D eigenvalue weighted by Gasteiger charge is -2.28. The van der Waals surface area contributed by atoms with Crippen molar-refractivity contribution in [3.63, 3.8) is 0 Å². The summed E-state index contributed by atoms with van der Waals surface area (Å²) in [6.07, 6.45) is 0.456. The van der Waals surface area contributed by atoms with Crippen LogP contribution >= 0.6 is 23.2 Å². The monoisotopic (exact) mass is 332 g/mol. The molecule has 1 atom stereocenters. The first-order valence-corrected chi connectivity index (χ1v) is 7.49. The van der Waals surface area contributed by atoms with E-state index >= 15 is 0 Å². The van der Waals surface area contributed by atoms with Gasteiger partial charge in [-0.05, 0) is 18.4 Å². The summed E-state index contributed by atoms with van der Waals surface area (Å²) in [5, 5.41) is 10.1. The van der Waals surface area contributed by atoms with E-state index in [2.05, 4.69) is 0 Å². The van der Waals surface area contributed by atoms with Crippen molar-refractivity contribution in [1.29, 1.82) is 0 Å². The van der Waals surface area contributed by atoms with Crippen LogP contribution in [0, 0.1) is 11.3 Å². The van der Waals surface area contributed by atoms with Crippen LogP contribution in [0.4, 0.5) is 0 Å². The first kappa shape index (κ1) is 16.2. The summed E-state index contributed by atoms with van der Waals surface area (Å²) < 4.78 is 1.52. The predicted octanol–water partition coefficient (Wildman–Crippen LogP) is 2.90. The molecule has 1 saturated heterocycles. The molecule has 0 spiro atoms. The van der Waals surface area contributed by atoms with Gasteiger partial charge in [0, 0.05) is 20.1 Å². The minimum atomic E-state index is -0.881. The lowest BCUT2D eigenvalue weighted by Crippen LogP contribution is -2.40. The quantitative estimate of drug-likeness (QED) is 0.925. The Morgan fingerprint density at radius 2 is 2.00 bits per heavy atom. The fourth-order valence-corrected chi connectivity index (χ4v) is 3.18. The molecule has 2 rings (SSSR count). The molecule has 0 radical (unpaired) electrons. The summed E-state index contributed by atoms with van der Waals surface area (Å²) in [5.41, 5.74) is -0.510. The zero-order valence-electron chi connectivity index (χ0n) is 12.2. The maximum absolute atomic E-state index is 12.6. The van der Waals surface area contributed by atoms with Gasteiger partial charge in [-0.15, -0.1) is 0 Å². The standard InChI is InChI=1S/C14H18Cl2N2O3/c1-8(2)14(13(20)21)4-5-18(7-14)12(19)10-6-9(15)11(16)17(10)3/h6,8H,4-5,7H2,1-3H3,(H,20,21). The Labute approximate surface area is 133 Å². The molecule has 1 amide bonds. The molecule has 0 aromatic carbocycles. The van der Waals surface area contributed by atoms with E-state index in [1.807, 2.05) is 13.8 Å². The Balaban J connectivity index is 2.27. The molecule has 0 bridgehead atoms. The van der Waals surface area contributed by atoms with Crippen LogP contribution < -0.4 is 0 Å². The molecule has 0 saturated carbocycles. The number of aliphatic carboxylic acids is 1. The first-order chi connectivity index (χ1) is 9.70. The highest BCUT2D eigenvalue weighted by atomic mass is 35.5. The molecule has 116 valence electrons. The topological polar surface area (TPSA) is 62.5 Å². The Bertz CT molecular complexity index is 597. The maximum atomic E-state index is 12.6. The van der Waals surface area contributed by atoms with Crippen molar-refractivity contribution < 1.29 is 14.7 Å². The molecule has 2 heterocycles. The predicted molar refractivity (Wildman–Crippen MR) is 80.9 cm³/mol. The van der Waals surface area contributed by atoms with Crippen LogP contribution in [0.15, 0.2) is 6.07 Å². The molecule has 0 aliphatic carbocycles. The first-order valence-electron chi connectivity index (χ1n) is 6.74. The van der Waals surface area contributed by atoms with Crippen molar-refractivity contribution in [1.82, 2.24) is 9.47 Å². The number of carbonyl (C=O) groups excluding carboxylic acids is 1. The Morgan fingerprint density at radius 1 is 1.38 bits per heavy atom. The van der Waals surface area contributed by atoms with Crippen LogP contribution in [0.3, 0.4) is 0 Å². The third-order valence-corrected chi connectivity index (χ3v) is 5.30. The summed E-state index contributed by atoms with van der Waals surface area (Å²) >= 11 is 11.9. The molecule has 1 N–H and O–H groups in total. The third-order valence-electron chi connectivity index (χ3n) is 4.45. The van der Waals surface area contributed by atoms with Gasteiger partial charge < -0.3 is 14.6 Å². The van der Waals surface area contributed by atoms with Gasteiger partial charge in [-0.25, -0.2) is 0 Å². The molecule has 1 aromatic heterocycles. The number of aromatic nitrogens is 1. The van der Waals surface area contributed by atoms with Gasteiger partial charge in [0.2, 0.25) is 0 Å². The summed E-state index contributed by atoms with van der Waals surface area (Å²) in [4.78, 5) is 25.7. The van der Waals surface area contributed by atoms with Crippen molar-refractivity contribution in [3.8, 4) is 0 Å². The SMILES string of the molecule is CC(C)C1(C(=O)O)CCN(C(=O)c2cc(Cl)c(Cl)n2C)C1. The van der Waals surface area contributed by atoms with E-state index in [1.165, 1.54) is 10.6 Å². The Morgan fingerprint density at radius 3 is 2.38 bits per heavy atom. The second kappa shape index (κ2) is 5.54. The van der Waals surface area contributed by atoms with Crippen LogP contribution in [0.5, 0.6) is 0 Å². The second-order valence-electron chi connectivity index (χ2n) is 5.82. The van der Waals surface area contributed by atoms with Gasteiger partial charge >= 0.3 is 5.97 Å². The molecule has 1 unspecified atom stereocenters. The highest BCUT2D eigenvalue weighted by Crippen LogP contribution is 2.39. The van der Waals surface area contributed by atoms with Gasteiger partial charge in [0.15, 0.2) is 0 Å². The number of hydrogen-bond acceptors (Lipinski definition) is 2. The molecule has 1 aliphatic rings. The van der Waals surface area contributed by atoms with E-state index in [1.54, 1.807) is 11.9 Å². The van der Waals surface area contributed by atoms with Crippen molar-refractivity contribution in [3.05, 3.63) is 21.9 Å². The molecule has 1 fully saturated rings. The van der Waals surface area contributed by atoms with Crippen molar-refractivity contribution in [2.75, 3.05) is 13.1 Å². The van der Waals surface area contributed by atoms with Crippen molar-refractivity contribution in [2.45, 2.75) is 20.3 Å². The normalized spacial score (nSPS) is 22.1. The second-order valence-corrected chi connectivity index (χ2v) is 6.59. The van der Waals surface area contributed by atoms with Gasteiger partial charge in [-0.2, -0.15) is 0 Å². The van der Waals surface area contributed by atoms with Crippen LogP contribution in [0.1, 0.15) is 30.8 Å². The van der Waals surface area contributed by atoms with Gasteiger partial charge in [0.05, 0.1) is 10.4 Å². The highest BCUT2D eigenvalue weighted by Gasteiger charge is 2.48. The summed E-state index contributed by atoms with van der Waals surface area (Å²) in [7, 11) is 1.66. The number of carboxylic acids is 1. The number of amides is 1. The van der Waals surface area contributed by atoms with E-state index in [4.69, 9.17) is 23.2 Å². The smallest absolute Gasteiger partial charge is 0.311 e. The lowest BCUT2D eigenvalue weighted by atomic mass is 9.76. The van der Waals surface area contributed by atoms with Gasteiger partial charge in [0.1, 0.15) is 10.8 Å². The molecule has 1 aromatic rings. The molecule has 5 nitrogen and oxygen atoms in total. The third kappa shape index (κ3) is 2.53. The van der Waals surface area contributed by atoms with Crippen LogP contribution in [-0.4, -0.2) is 39.5 Å². The van der Waals surface area contributed by atoms with Crippen LogP contribution in [-0.2, 0) is 11.8 Å². The zero-order chi connectivity index (χ0) is 15.9. The zero-order valence-corrected chi connectivity index (χ0v) is 13.7. The highest BCUT2D eigenvalue weighted by molar-refractivity contribution is 6.41. The minimum Gasteiger partial charge on any atom is -0.481 e. The van der Waals surface area contributed by atoms with Gasteiger partial charge in [-0.1, -0.05) is 37.0 Å². The average Bonchev–Trinajstić information content (AvgIpc) is 2.97. The molecular weight excluding hydrogens is 315 g/mol. The Kier molecular flexibility index (Phi) is 4.26. The van der Waals surface area contributed by atoms with Gasteiger partial charge in [0.25, 0.3) is 5.91 Å². The number of nitrogens with zero attached hydrogens (tertiary/aromatic N) is 2. The van der Waals surface area contributed by atoms with E-state index in [-0.39, 0.29) is 18.4 Å². The molecule has 7 heteroatoms. The lowest BCUT2D eigenvalue weighted by molar-refractivity contribution is -0.150. The summed E-state index contributed by atoms with van der Waals surface area (Å²) in [5.74, 6) is -1.14. The number of halogens is 2. The minimum absolute atomic E-state index is 0.0478. The fourth-order valence-electron chi connectivity index (χ4n) is 2.81. The number of likely N-dealkylation sites (tertiary alicyclic amines) is 1. The van der Waals surface area contributed by atoms with Crippen molar-refractivity contribution in [2.24, 2.45) is 18.4 Å². The summed E-state index contributed by atoms with van der Waals surface area (Å²) in [6, 6.07) is 1.52. The fraction of sp³-hybridized carbons (Fsp3) is 0.571. The number of carbonyl (C=O) groups is 2. The van der Waals surface area contributed by atoms with E-state index in [0.29, 0.717) is 28.8 Å². The number of carboxylic acid groups (broad SMARTS) is 1. The van der Waals surface area contributed by atoms with Gasteiger partial charge in [-0.3, -0.25) is 9.59 Å². The number of rotatable bonds is 3. The maximum Gasteiger partial charge on any atom is 0.311 e. The van der Waals surface area contributed by atoms with Crippen LogP contribution in [0.2, 0.25) is 10.2 Å². The number of hydrogen-bond donors (Lipinski definition) is 1. The molecule has 1 aliphatic heterocycles. The summed E-state index contributed by atoms with van der Waals surface area (Å²) in [6.45, 7) is 4.37. The van der Waals surface area contributed by atoms with E-state index in [0.717, 1.165) is 0 Å². The molecular formula is C14H18Cl2N2O3. The van der Waals surface area contributed by atoms with E-state index in [9.17, 15) is 14.7 Å². The average molecular weight is 333 g/mol. The van der Waals surface area contributed by atoms with Crippen molar-refractivity contribution >= 4 is 35.1 Å². The molecule has 21 heavy (non-hydrogen) atoms.